The maximum atomic E-state index is 11.6. The third kappa shape index (κ3) is 6.31. The van der Waals surface area contributed by atoms with Crippen molar-refractivity contribution in [2.75, 3.05) is 6.61 Å². The molecule has 4 nitrogen and oxygen atoms in total. The number of ether oxygens (including phenoxy) is 1. The lowest BCUT2D eigenvalue weighted by Crippen LogP contribution is -2.31. The second kappa shape index (κ2) is 6.63. The van der Waals surface area contributed by atoms with Crippen molar-refractivity contribution >= 4 is 23.1 Å². The molecule has 0 radical (unpaired) electrons. The van der Waals surface area contributed by atoms with Crippen LogP contribution in [-0.4, -0.2) is 23.1 Å². The first-order valence-electron chi connectivity index (χ1n) is 6.07. The molecule has 0 aromatic heterocycles. The van der Waals surface area contributed by atoms with Gasteiger partial charge in [-0.2, -0.15) is 0 Å². The third-order valence-electron chi connectivity index (χ3n) is 2.36. The topological polar surface area (TPSA) is 64.3 Å². The van der Waals surface area contributed by atoms with E-state index in [9.17, 15) is 4.79 Å². The Balaban J connectivity index is 2.40. The zero-order valence-corrected chi connectivity index (χ0v) is 12.3. The van der Waals surface area contributed by atoms with Crippen LogP contribution >= 0.6 is 12.2 Å². The van der Waals surface area contributed by atoms with E-state index in [1.165, 1.54) is 0 Å². The molecule has 0 aliphatic heterocycles. The molecule has 0 heterocycles. The monoisotopic (exact) mass is 280 g/mol. The van der Waals surface area contributed by atoms with E-state index in [-0.39, 0.29) is 18.1 Å². The van der Waals surface area contributed by atoms with Crippen molar-refractivity contribution in [3.8, 4) is 0 Å². The van der Waals surface area contributed by atoms with Gasteiger partial charge in [0.1, 0.15) is 11.6 Å². The number of hydrogen-bond acceptors (Lipinski definition) is 3. The lowest BCUT2D eigenvalue weighted by Gasteiger charge is -2.19. The van der Waals surface area contributed by atoms with E-state index in [1.807, 2.05) is 45.0 Å². The van der Waals surface area contributed by atoms with Gasteiger partial charge in [-0.15, -0.1) is 0 Å². The molecule has 3 N–H and O–H groups in total. The predicted molar refractivity (Wildman–Crippen MR) is 79.9 cm³/mol. The zero-order chi connectivity index (χ0) is 14.5. The van der Waals surface area contributed by atoms with Crippen LogP contribution in [0.2, 0.25) is 0 Å². The van der Waals surface area contributed by atoms with Crippen molar-refractivity contribution in [3.05, 3.63) is 35.4 Å². The predicted octanol–water partition coefficient (Wildman–Crippen LogP) is 1.75. The van der Waals surface area contributed by atoms with E-state index < -0.39 is 0 Å². The molecule has 1 rings (SSSR count). The number of hydrogen-bond donors (Lipinski definition) is 2. The lowest BCUT2D eigenvalue weighted by molar-refractivity contribution is -0.130. The Morgan fingerprint density at radius 3 is 2.37 bits per heavy atom. The Kier molecular flexibility index (Phi) is 5.44. The SMILES string of the molecule is CC(C)(C)OCC(=O)NCc1ccc(C(N)=S)cc1. The molecule has 0 saturated carbocycles. The highest BCUT2D eigenvalue weighted by atomic mass is 32.1. The van der Waals surface area contributed by atoms with E-state index in [4.69, 9.17) is 22.7 Å². The highest BCUT2D eigenvalue weighted by molar-refractivity contribution is 7.80. The normalized spacial score (nSPS) is 11.1. The third-order valence-corrected chi connectivity index (χ3v) is 2.60. The average Bonchev–Trinajstić information content (AvgIpc) is 2.33. The Hall–Kier alpha value is -1.46. The summed E-state index contributed by atoms with van der Waals surface area (Å²) >= 11 is 4.87. The van der Waals surface area contributed by atoms with Gasteiger partial charge in [-0.3, -0.25) is 4.79 Å². The number of carbonyl (C=O) groups excluding carboxylic acids is 1. The van der Waals surface area contributed by atoms with Gasteiger partial charge in [0.25, 0.3) is 0 Å². The van der Waals surface area contributed by atoms with E-state index >= 15 is 0 Å². The summed E-state index contributed by atoms with van der Waals surface area (Å²) in [6, 6.07) is 7.46. The average molecular weight is 280 g/mol. The van der Waals surface area contributed by atoms with Gasteiger partial charge in [0, 0.05) is 12.1 Å². The molecule has 104 valence electrons. The van der Waals surface area contributed by atoms with Crippen LogP contribution in [0.1, 0.15) is 31.9 Å². The number of rotatable bonds is 5. The van der Waals surface area contributed by atoms with Crippen LogP contribution in [0.15, 0.2) is 24.3 Å². The van der Waals surface area contributed by atoms with Crippen LogP contribution in [0, 0.1) is 0 Å². The second-order valence-corrected chi connectivity index (χ2v) is 5.68. The van der Waals surface area contributed by atoms with E-state index in [0.29, 0.717) is 11.5 Å². The number of nitrogens with two attached hydrogens (primary N) is 1. The standard InChI is InChI=1S/C14H20N2O2S/c1-14(2,3)18-9-12(17)16-8-10-4-6-11(7-5-10)13(15)19/h4-7H,8-9H2,1-3H3,(H2,15,19)(H,16,17). The lowest BCUT2D eigenvalue weighted by atomic mass is 10.1. The molecule has 0 spiro atoms. The minimum atomic E-state index is -0.310. The van der Waals surface area contributed by atoms with Gasteiger partial charge in [-0.25, -0.2) is 0 Å². The fourth-order valence-corrected chi connectivity index (χ4v) is 1.46. The zero-order valence-electron chi connectivity index (χ0n) is 11.5. The molecule has 0 atom stereocenters. The molecule has 0 aliphatic carbocycles. The van der Waals surface area contributed by atoms with Crippen LogP contribution in [-0.2, 0) is 16.1 Å². The highest BCUT2D eigenvalue weighted by Gasteiger charge is 2.12. The molecule has 1 aromatic carbocycles. The van der Waals surface area contributed by atoms with Crippen molar-refractivity contribution < 1.29 is 9.53 Å². The van der Waals surface area contributed by atoms with Crippen LogP contribution in [0.4, 0.5) is 0 Å². The van der Waals surface area contributed by atoms with Gasteiger partial charge in [0.2, 0.25) is 5.91 Å². The van der Waals surface area contributed by atoms with Gasteiger partial charge < -0.3 is 15.8 Å². The van der Waals surface area contributed by atoms with Gasteiger partial charge >= 0.3 is 0 Å². The summed E-state index contributed by atoms with van der Waals surface area (Å²) in [7, 11) is 0. The molecule has 1 aromatic rings. The summed E-state index contributed by atoms with van der Waals surface area (Å²) < 4.78 is 5.38. The molecule has 0 aliphatic rings. The summed E-state index contributed by atoms with van der Waals surface area (Å²) in [4.78, 5) is 11.9. The van der Waals surface area contributed by atoms with Crippen LogP contribution in [0.25, 0.3) is 0 Å². The Labute approximate surface area is 119 Å². The molecule has 0 unspecified atom stereocenters. The van der Waals surface area contributed by atoms with Crippen molar-refractivity contribution in [1.29, 1.82) is 0 Å². The maximum Gasteiger partial charge on any atom is 0.246 e. The summed E-state index contributed by atoms with van der Waals surface area (Å²) in [6.45, 7) is 6.26. The first-order valence-corrected chi connectivity index (χ1v) is 6.48. The van der Waals surface area contributed by atoms with Gasteiger partial charge in [-0.05, 0) is 26.3 Å². The summed E-state index contributed by atoms with van der Waals surface area (Å²) in [5.74, 6) is -0.131. The summed E-state index contributed by atoms with van der Waals surface area (Å²) in [5.41, 5.74) is 7.01. The molecule has 5 heteroatoms. The van der Waals surface area contributed by atoms with Crippen LogP contribution < -0.4 is 11.1 Å². The van der Waals surface area contributed by atoms with E-state index in [1.54, 1.807) is 0 Å². The number of thiocarbonyl (C=S) groups is 1. The highest BCUT2D eigenvalue weighted by Crippen LogP contribution is 2.06. The largest absolute Gasteiger partial charge is 0.389 e. The van der Waals surface area contributed by atoms with Gasteiger partial charge in [-0.1, -0.05) is 36.5 Å². The van der Waals surface area contributed by atoms with Gasteiger partial charge in [0.05, 0.1) is 5.60 Å². The Morgan fingerprint density at radius 2 is 1.89 bits per heavy atom. The van der Waals surface area contributed by atoms with Gasteiger partial charge in [0.15, 0.2) is 0 Å². The van der Waals surface area contributed by atoms with Crippen molar-refractivity contribution in [2.45, 2.75) is 32.9 Å². The maximum absolute atomic E-state index is 11.6. The smallest absolute Gasteiger partial charge is 0.246 e. The first-order chi connectivity index (χ1) is 8.78. The minimum absolute atomic E-state index is 0.0640. The fraction of sp³-hybridized carbons (Fsp3) is 0.429. The van der Waals surface area contributed by atoms with Crippen molar-refractivity contribution in [3.63, 3.8) is 0 Å². The fourth-order valence-electron chi connectivity index (χ4n) is 1.32. The molecule has 1 amide bonds. The molecule has 0 fully saturated rings. The van der Waals surface area contributed by atoms with Crippen molar-refractivity contribution in [1.82, 2.24) is 5.32 Å². The number of nitrogens with one attached hydrogen (secondary N) is 1. The summed E-state index contributed by atoms with van der Waals surface area (Å²) in [6.07, 6.45) is 0. The number of benzene rings is 1. The Bertz CT molecular complexity index is 450. The number of amides is 1. The quantitative estimate of drug-likeness (QED) is 0.807. The molecule has 0 bridgehead atoms. The van der Waals surface area contributed by atoms with E-state index in [0.717, 1.165) is 11.1 Å². The minimum Gasteiger partial charge on any atom is -0.389 e. The van der Waals surface area contributed by atoms with Crippen LogP contribution in [0.5, 0.6) is 0 Å². The molecular weight excluding hydrogens is 260 g/mol. The molecule has 19 heavy (non-hydrogen) atoms. The molecule has 0 saturated heterocycles. The Morgan fingerprint density at radius 1 is 1.32 bits per heavy atom. The second-order valence-electron chi connectivity index (χ2n) is 5.24. The molecular formula is C14H20N2O2S. The van der Waals surface area contributed by atoms with Crippen molar-refractivity contribution in [2.24, 2.45) is 5.73 Å². The summed E-state index contributed by atoms with van der Waals surface area (Å²) in [5, 5.41) is 2.79. The first kappa shape index (κ1) is 15.6. The van der Waals surface area contributed by atoms with Crippen LogP contribution in [0.3, 0.4) is 0 Å². The number of carbonyl (C=O) groups is 1. The van der Waals surface area contributed by atoms with E-state index in [2.05, 4.69) is 5.32 Å².